The van der Waals surface area contributed by atoms with Crippen LogP contribution in [0.1, 0.15) is 0 Å². The normalized spacial score (nSPS) is 10.2. The van der Waals surface area contributed by atoms with Gasteiger partial charge in [0, 0.05) is 5.39 Å². The van der Waals surface area contributed by atoms with E-state index in [0.717, 1.165) is 10.8 Å². The molecule has 0 radical (unpaired) electrons. The third kappa shape index (κ3) is 1.14. The number of nitrogens with two attached hydrogens (primary N) is 1. The molecule has 0 spiro atoms. The molecule has 2 aromatic carbocycles. The molecular weight excluding hydrogens is 164 g/mol. The summed E-state index contributed by atoms with van der Waals surface area (Å²) in [5, 5.41) is 4.74. The highest BCUT2D eigenvalue weighted by Crippen LogP contribution is 2.29. The molecule has 2 N–H and O–H groups in total. The molecule has 13 heavy (non-hydrogen) atoms. The third-order valence-electron chi connectivity index (χ3n) is 2.05. The van der Waals surface area contributed by atoms with Gasteiger partial charge in [0.2, 0.25) is 0 Å². The number of nitroso groups, excluding NO2 is 1. The number of fused-ring (bicyclic) bond motifs is 1. The van der Waals surface area contributed by atoms with Gasteiger partial charge in [-0.25, -0.2) is 0 Å². The molecule has 0 bridgehead atoms. The first-order valence-electron chi connectivity index (χ1n) is 3.93. The summed E-state index contributed by atoms with van der Waals surface area (Å²) in [5.41, 5.74) is 6.49. The molecule has 0 atom stereocenters. The van der Waals surface area contributed by atoms with Gasteiger partial charge in [-0.05, 0) is 16.6 Å². The predicted molar refractivity (Wildman–Crippen MR) is 53.8 cm³/mol. The summed E-state index contributed by atoms with van der Waals surface area (Å²) in [6, 6.07) is 11.1. The van der Waals surface area contributed by atoms with Crippen molar-refractivity contribution in [1.82, 2.24) is 0 Å². The van der Waals surface area contributed by atoms with E-state index in [-0.39, 0.29) is 0 Å². The maximum absolute atomic E-state index is 10.3. The van der Waals surface area contributed by atoms with Crippen LogP contribution in [0, 0.1) is 4.91 Å². The van der Waals surface area contributed by atoms with Gasteiger partial charge in [-0.3, -0.25) is 0 Å². The standard InChI is InChI=1S/C10H8N2O/c11-10-8-4-2-1-3-7(8)5-6-9(10)12-13/h1-6H,11H2. The maximum Gasteiger partial charge on any atom is 0.131 e. The lowest BCUT2D eigenvalue weighted by Gasteiger charge is -2.02. The summed E-state index contributed by atoms with van der Waals surface area (Å²) in [6.07, 6.45) is 0. The van der Waals surface area contributed by atoms with Crippen LogP contribution < -0.4 is 5.73 Å². The molecule has 2 aromatic rings. The van der Waals surface area contributed by atoms with E-state index in [0.29, 0.717) is 11.4 Å². The molecule has 0 amide bonds. The van der Waals surface area contributed by atoms with E-state index in [1.54, 1.807) is 6.07 Å². The van der Waals surface area contributed by atoms with Crippen molar-refractivity contribution in [2.75, 3.05) is 5.73 Å². The third-order valence-corrected chi connectivity index (χ3v) is 2.05. The highest BCUT2D eigenvalue weighted by atomic mass is 16.3. The lowest BCUT2D eigenvalue weighted by Crippen LogP contribution is -1.86. The number of anilines is 1. The summed E-state index contributed by atoms with van der Waals surface area (Å²) in [7, 11) is 0. The quantitative estimate of drug-likeness (QED) is 0.531. The highest BCUT2D eigenvalue weighted by Gasteiger charge is 2.02. The maximum atomic E-state index is 10.3. The summed E-state index contributed by atoms with van der Waals surface area (Å²) < 4.78 is 0. The van der Waals surface area contributed by atoms with Gasteiger partial charge in [0.15, 0.2) is 0 Å². The number of nitrogens with zero attached hydrogens (tertiary/aromatic N) is 1. The van der Waals surface area contributed by atoms with Crippen molar-refractivity contribution in [2.45, 2.75) is 0 Å². The van der Waals surface area contributed by atoms with Gasteiger partial charge in [-0.15, -0.1) is 4.91 Å². The molecule has 0 saturated carbocycles. The summed E-state index contributed by atoms with van der Waals surface area (Å²) in [5.74, 6) is 0. The second kappa shape index (κ2) is 2.86. The van der Waals surface area contributed by atoms with Crippen LogP contribution in [0.2, 0.25) is 0 Å². The number of rotatable bonds is 1. The average Bonchev–Trinajstić information content (AvgIpc) is 2.19. The van der Waals surface area contributed by atoms with E-state index in [1.807, 2.05) is 30.3 Å². The number of hydrogen-bond acceptors (Lipinski definition) is 3. The Kier molecular flexibility index (Phi) is 1.70. The van der Waals surface area contributed by atoms with Crippen LogP contribution >= 0.6 is 0 Å². The molecule has 0 aliphatic heterocycles. The molecule has 0 aliphatic carbocycles. The Morgan fingerprint density at radius 3 is 2.62 bits per heavy atom. The number of hydrogen-bond donors (Lipinski definition) is 1. The minimum Gasteiger partial charge on any atom is -0.396 e. The zero-order valence-corrected chi connectivity index (χ0v) is 6.90. The summed E-state index contributed by atoms with van der Waals surface area (Å²) >= 11 is 0. The van der Waals surface area contributed by atoms with Crippen molar-refractivity contribution in [2.24, 2.45) is 5.18 Å². The Labute approximate surface area is 75.1 Å². The second-order valence-electron chi connectivity index (χ2n) is 2.81. The molecule has 3 heteroatoms. The Balaban J connectivity index is 2.86. The zero-order valence-electron chi connectivity index (χ0n) is 6.90. The average molecular weight is 172 g/mol. The topological polar surface area (TPSA) is 55.4 Å². The molecule has 0 aliphatic rings. The van der Waals surface area contributed by atoms with Crippen molar-refractivity contribution in [1.29, 1.82) is 0 Å². The Hall–Kier alpha value is -1.90. The molecule has 0 unspecified atom stereocenters. The van der Waals surface area contributed by atoms with Crippen LogP contribution in [-0.2, 0) is 0 Å². The van der Waals surface area contributed by atoms with E-state index in [1.165, 1.54) is 0 Å². The molecule has 0 heterocycles. The van der Waals surface area contributed by atoms with Crippen molar-refractivity contribution < 1.29 is 0 Å². The van der Waals surface area contributed by atoms with E-state index >= 15 is 0 Å². The largest absolute Gasteiger partial charge is 0.396 e. The molecule has 3 nitrogen and oxygen atoms in total. The molecular formula is C10H8N2O. The van der Waals surface area contributed by atoms with Crippen LogP contribution in [0.25, 0.3) is 10.8 Å². The van der Waals surface area contributed by atoms with Crippen molar-refractivity contribution in [3.05, 3.63) is 41.3 Å². The minimum absolute atomic E-state index is 0.304. The van der Waals surface area contributed by atoms with Crippen LogP contribution in [0.4, 0.5) is 11.4 Å². The fourth-order valence-corrected chi connectivity index (χ4v) is 1.36. The smallest absolute Gasteiger partial charge is 0.131 e. The monoisotopic (exact) mass is 172 g/mol. The van der Waals surface area contributed by atoms with Gasteiger partial charge in [-0.1, -0.05) is 30.3 Å². The van der Waals surface area contributed by atoms with E-state index in [2.05, 4.69) is 5.18 Å². The van der Waals surface area contributed by atoms with Crippen molar-refractivity contribution in [3.8, 4) is 0 Å². The Bertz CT molecular complexity index is 465. The number of benzene rings is 2. The first kappa shape index (κ1) is 7.73. The Morgan fingerprint density at radius 1 is 1.08 bits per heavy atom. The molecule has 0 aromatic heterocycles. The summed E-state index contributed by atoms with van der Waals surface area (Å²) in [6.45, 7) is 0. The first-order chi connectivity index (χ1) is 6.33. The second-order valence-corrected chi connectivity index (χ2v) is 2.81. The van der Waals surface area contributed by atoms with E-state index in [4.69, 9.17) is 5.73 Å². The fourth-order valence-electron chi connectivity index (χ4n) is 1.36. The molecule has 2 rings (SSSR count). The fraction of sp³-hybridized carbons (Fsp3) is 0. The van der Waals surface area contributed by atoms with Crippen LogP contribution in [0.15, 0.2) is 41.6 Å². The van der Waals surface area contributed by atoms with Crippen LogP contribution in [0.5, 0.6) is 0 Å². The van der Waals surface area contributed by atoms with Crippen molar-refractivity contribution >= 4 is 22.1 Å². The number of nitrogen functional groups attached to an aromatic ring is 1. The molecule has 0 fully saturated rings. The van der Waals surface area contributed by atoms with Gasteiger partial charge in [0.25, 0.3) is 0 Å². The van der Waals surface area contributed by atoms with Crippen molar-refractivity contribution in [3.63, 3.8) is 0 Å². The van der Waals surface area contributed by atoms with Crippen LogP contribution in [-0.4, -0.2) is 0 Å². The predicted octanol–water partition coefficient (Wildman–Crippen LogP) is 2.82. The lowest BCUT2D eigenvalue weighted by molar-refractivity contribution is 1.52. The van der Waals surface area contributed by atoms with E-state index < -0.39 is 0 Å². The van der Waals surface area contributed by atoms with Gasteiger partial charge < -0.3 is 5.73 Å². The van der Waals surface area contributed by atoms with Crippen LogP contribution in [0.3, 0.4) is 0 Å². The SMILES string of the molecule is Nc1c(N=O)ccc2ccccc12. The highest BCUT2D eigenvalue weighted by molar-refractivity contribution is 5.97. The summed E-state index contributed by atoms with van der Waals surface area (Å²) in [4.78, 5) is 10.3. The van der Waals surface area contributed by atoms with Gasteiger partial charge in [0.1, 0.15) is 5.69 Å². The first-order valence-corrected chi connectivity index (χ1v) is 3.93. The van der Waals surface area contributed by atoms with Gasteiger partial charge in [0.05, 0.1) is 5.69 Å². The molecule has 0 saturated heterocycles. The minimum atomic E-state index is 0.304. The molecule has 64 valence electrons. The van der Waals surface area contributed by atoms with Gasteiger partial charge in [-0.2, -0.15) is 0 Å². The van der Waals surface area contributed by atoms with Gasteiger partial charge >= 0.3 is 0 Å². The van der Waals surface area contributed by atoms with E-state index in [9.17, 15) is 4.91 Å². The lowest BCUT2D eigenvalue weighted by atomic mass is 10.1. The Morgan fingerprint density at radius 2 is 1.85 bits per heavy atom. The zero-order chi connectivity index (χ0) is 9.26.